The van der Waals surface area contributed by atoms with Crippen molar-refractivity contribution in [3.8, 4) is 0 Å². The van der Waals surface area contributed by atoms with Gasteiger partial charge in [-0.15, -0.1) is 0 Å². The van der Waals surface area contributed by atoms with Gasteiger partial charge in [0.05, 0.1) is 0 Å². The van der Waals surface area contributed by atoms with Gasteiger partial charge >= 0.3 is 0 Å². The minimum atomic E-state index is 0. The van der Waals surface area contributed by atoms with Gasteiger partial charge in [-0.1, -0.05) is 129 Å². The molecule has 13 heteroatoms. The fourth-order valence-corrected chi connectivity index (χ4v) is 4.93. The molecule has 6 N–H and O–H groups in total. The van der Waals surface area contributed by atoms with Crippen molar-refractivity contribution in [1.82, 2.24) is 29.9 Å². The minimum absolute atomic E-state index is 0. The largest absolute Gasteiger partial charge is 0.357 e. The van der Waals surface area contributed by atoms with Crippen LogP contribution in [-0.4, -0.2) is 52.4 Å². The number of para-hydroxylation sites is 4. The summed E-state index contributed by atoms with van der Waals surface area (Å²) in [6.07, 6.45) is 0. The van der Waals surface area contributed by atoms with E-state index in [4.69, 9.17) is 0 Å². The van der Waals surface area contributed by atoms with E-state index < -0.39 is 0 Å². The molecule has 8 rings (SSSR count). The van der Waals surface area contributed by atoms with Crippen LogP contribution >= 0.6 is 0 Å². The zero-order valence-corrected chi connectivity index (χ0v) is 30.4. The topological polar surface area (TPSA) is 150 Å². The van der Waals surface area contributed by atoms with Crippen molar-refractivity contribution in [3.05, 3.63) is 170 Å². The van der Waals surface area contributed by atoms with E-state index in [1.165, 1.54) is 10.8 Å². The second kappa shape index (κ2) is 21.9. The lowest BCUT2D eigenvalue weighted by atomic mass is 10.1. The van der Waals surface area contributed by atoms with Crippen LogP contribution in [-0.2, 0) is 0 Å². The molecule has 0 bridgehead atoms. The quantitative estimate of drug-likeness (QED) is 0.0741. The molecule has 56 heavy (non-hydrogen) atoms. The monoisotopic (exact) mass is 742 g/mol. The maximum atomic E-state index is 4.39. The number of benzene rings is 6. The van der Waals surface area contributed by atoms with Gasteiger partial charge in [-0.25, -0.2) is 0 Å². The van der Waals surface area contributed by atoms with Gasteiger partial charge in [0.15, 0.2) is 0 Å². The van der Waals surface area contributed by atoms with Gasteiger partial charge in [-0.3, -0.25) is 0 Å². The van der Waals surface area contributed by atoms with Crippen molar-refractivity contribution in [1.29, 1.82) is 0 Å². The molecular formula is C43H46BN12. The van der Waals surface area contributed by atoms with Crippen LogP contribution in [0.2, 0.25) is 0 Å². The molecule has 0 saturated carbocycles. The molecule has 0 atom stereocenters. The number of hydrogen-bond acceptors (Lipinski definition) is 12. The fourth-order valence-electron chi connectivity index (χ4n) is 4.93. The smallest absolute Gasteiger partial charge is 0.233 e. The van der Waals surface area contributed by atoms with Gasteiger partial charge in [0.1, 0.15) is 0 Å². The van der Waals surface area contributed by atoms with Crippen molar-refractivity contribution < 1.29 is 1.43 Å². The normalized spacial score (nSPS) is 9.68. The first-order valence-corrected chi connectivity index (χ1v) is 17.2. The molecule has 0 spiro atoms. The predicted molar refractivity (Wildman–Crippen MR) is 236 cm³/mol. The minimum Gasteiger partial charge on any atom is -0.357 e. The lowest BCUT2D eigenvalue weighted by Gasteiger charge is -2.10. The van der Waals surface area contributed by atoms with E-state index in [1.54, 1.807) is 14.1 Å². The van der Waals surface area contributed by atoms with Gasteiger partial charge in [0, 0.05) is 46.7 Å². The van der Waals surface area contributed by atoms with Gasteiger partial charge in [-0.05, 0) is 59.3 Å². The zero-order valence-electron chi connectivity index (χ0n) is 30.4. The summed E-state index contributed by atoms with van der Waals surface area (Å²) in [6, 6.07) is 55.8. The highest BCUT2D eigenvalue weighted by atomic mass is 15.3. The van der Waals surface area contributed by atoms with Crippen molar-refractivity contribution in [2.75, 3.05) is 46.0 Å². The average molecular weight is 743 g/mol. The molecule has 0 amide bonds. The summed E-state index contributed by atoms with van der Waals surface area (Å²) >= 11 is 0. The second-order valence-electron chi connectivity index (χ2n) is 11.4. The molecule has 12 nitrogen and oxygen atoms in total. The van der Waals surface area contributed by atoms with Gasteiger partial charge in [0.2, 0.25) is 35.7 Å². The van der Waals surface area contributed by atoms with Crippen LogP contribution in [0.5, 0.6) is 0 Å². The summed E-state index contributed by atoms with van der Waals surface area (Å²) in [5.41, 5.74) is 3.67. The summed E-state index contributed by atoms with van der Waals surface area (Å²) in [7, 11) is 3.54. The molecule has 0 fully saturated rings. The lowest BCUT2D eigenvalue weighted by Crippen LogP contribution is -2.07. The zero-order chi connectivity index (χ0) is 37.2. The third kappa shape index (κ3) is 12.8. The summed E-state index contributed by atoms with van der Waals surface area (Å²) in [5.74, 6) is 2.89. The van der Waals surface area contributed by atoms with Crippen LogP contribution in [0.3, 0.4) is 0 Å². The standard InChI is InChI=1S/2C16H16N6.C10H8.CH4.B.H2/c2*1-17-14-20-15(18-12-8-4-2-5-9-12)22-16(21-14)19-13-10-6-3-7-11-13;1-2-6-10-8-4-3-7-9(10)5-1;;;/h2*2-11H,1H3,(H3,17,18,19,20,21,22);1-8H;1H4;;1H/i;;;;;1+1. The van der Waals surface area contributed by atoms with Crippen LogP contribution in [0.4, 0.5) is 58.4 Å². The third-order valence-electron chi connectivity index (χ3n) is 7.50. The summed E-state index contributed by atoms with van der Waals surface area (Å²) in [4.78, 5) is 26.0. The van der Waals surface area contributed by atoms with Gasteiger partial charge in [0.25, 0.3) is 0 Å². The second-order valence-corrected chi connectivity index (χ2v) is 11.4. The van der Waals surface area contributed by atoms with Crippen molar-refractivity contribution in [2.24, 2.45) is 0 Å². The molecule has 3 radical (unpaired) electrons. The Morgan fingerprint density at radius 1 is 0.304 bits per heavy atom. The summed E-state index contributed by atoms with van der Waals surface area (Å²) in [5, 5.41) is 21.1. The molecule has 2 aromatic heterocycles. The van der Waals surface area contributed by atoms with E-state index in [0.717, 1.165) is 22.7 Å². The number of nitrogens with one attached hydrogen (secondary N) is 6. The maximum Gasteiger partial charge on any atom is 0.233 e. The molecule has 8 aromatic rings. The van der Waals surface area contributed by atoms with Crippen LogP contribution in [0, 0.1) is 0 Å². The highest BCUT2D eigenvalue weighted by Crippen LogP contribution is 2.20. The summed E-state index contributed by atoms with van der Waals surface area (Å²) in [6.45, 7) is 0. The number of aromatic nitrogens is 6. The molecule has 0 unspecified atom stereocenters. The predicted octanol–water partition coefficient (Wildman–Crippen LogP) is 10.1. The Kier molecular flexibility index (Phi) is 16.1. The first-order valence-electron chi connectivity index (χ1n) is 17.2. The van der Waals surface area contributed by atoms with Crippen LogP contribution < -0.4 is 31.9 Å². The Morgan fingerprint density at radius 3 is 0.714 bits per heavy atom. The highest BCUT2D eigenvalue weighted by molar-refractivity contribution is 5.82. The number of anilines is 10. The fraction of sp³-hybridized carbons (Fsp3) is 0.0698. The van der Waals surface area contributed by atoms with E-state index in [9.17, 15) is 0 Å². The van der Waals surface area contributed by atoms with Crippen molar-refractivity contribution in [3.63, 3.8) is 0 Å². The first-order chi connectivity index (χ1) is 26.6. The van der Waals surface area contributed by atoms with Crippen LogP contribution in [0.15, 0.2) is 170 Å². The van der Waals surface area contributed by atoms with Crippen molar-refractivity contribution in [2.45, 2.75) is 7.43 Å². The van der Waals surface area contributed by atoms with E-state index in [-0.39, 0.29) is 17.3 Å². The molecule has 281 valence electrons. The highest BCUT2D eigenvalue weighted by Gasteiger charge is 2.08. The molecule has 2 heterocycles. The molecule has 6 aromatic carbocycles. The van der Waals surface area contributed by atoms with Gasteiger partial charge in [-0.2, -0.15) is 29.9 Å². The lowest BCUT2D eigenvalue weighted by molar-refractivity contribution is 1.06. The Labute approximate surface area is 331 Å². The number of hydrogen-bond donors (Lipinski definition) is 6. The van der Waals surface area contributed by atoms with Crippen LogP contribution in [0.1, 0.15) is 8.85 Å². The number of nitrogens with zero attached hydrogens (tertiary/aromatic N) is 6. The van der Waals surface area contributed by atoms with E-state index in [1.807, 2.05) is 121 Å². The first kappa shape index (κ1) is 41.2. The maximum absolute atomic E-state index is 4.39. The molecule has 0 aliphatic rings. The molecular weight excluding hydrogens is 695 g/mol. The molecule has 0 aliphatic heterocycles. The number of fused-ring (bicyclic) bond motifs is 1. The van der Waals surface area contributed by atoms with Crippen molar-refractivity contribution >= 4 is 77.6 Å². The Morgan fingerprint density at radius 2 is 0.500 bits per heavy atom. The molecule has 0 saturated heterocycles. The van der Waals surface area contributed by atoms with E-state index in [0.29, 0.717) is 35.7 Å². The van der Waals surface area contributed by atoms with Crippen LogP contribution in [0.25, 0.3) is 10.8 Å². The SMILES string of the molecule is C.CNc1nc(Nc2ccccc2)nc(Nc2ccccc2)n1.CNc1nc(Nc2ccccc2)nc(Nc2ccccc2)n1.[2HH].[B].c1ccc2ccccc2c1. The van der Waals surface area contributed by atoms with E-state index in [2.05, 4.69) is 110 Å². The number of rotatable bonds is 10. The molecule has 0 aliphatic carbocycles. The Balaban J connectivity index is 0.000000237. The summed E-state index contributed by atoms with van der Waals surface area (Å²) < 4.78 is 0. The third-order valence-corrected chi connectivity index (χ3v) is 7.50. The Hall–Kier alpha value is -7.54. The average Bonchev–Trinajstić information content (AvgIpc) is 3.23. The Bertz CT molecular complexity index is 2010. The van der Waals surface area contributed by atoms with Gasteiger partial charge < -0.3 is 31.9 Å². The van der Waals surface area contributed by atoms with E-state index >= 15 is 0 Å².